The number of carboxylic acids is 1. The average molecular weight is 337 g/mol. The first-order valence-corrected chi connectivity index (χ1v) is 7.35. The van der Waals surface area contributed by atoms with Crippen LogP contribution >= 0.6 is 0 Å². The molecule has 24 heavy (non-hydrogen) atoms. The smallest absolute Gasteiger partial charge is 0.394 e. The number of rotatable bonds is 2. The summed E-state index contributed by atoms with van der Waals surface area (Å²) in [5.74, 6) is -5.79. The summed E-state index contributed by atoms with van der Waals surface area (Å²) in [7, 11) is 0. The lowest BCUT2D eigenvalue weighted by Gasteiger charge is -2.18. The van der Waals surface area contributed by atoms with E-state index in [1.54, 1.807) is 30.3 Å². The van der Waals surface area contributed by atoms with Gasteiger partial charge in [0.1, 0.15) is 0 Å². The Balaban J connectivity index is 1.88. The highest BCUT2D eigenvalue weighted by molar-refractivity contribution is 5.99. The molecule has 0 saturated carbocycles. The van der Waals surface area contributed by atoms with Crippen molar-refractivity contribution >= 4 is 22.6 Å². The van der Waals surface area contributed by atoms with Gasteiger partial charge >= 0.3 is 12.1 Å². The van der Waals surface area contributed by atoms with Crippen molar-refractivity contribution in [2.75, 3.05) is 13.1 Å². The predicted octanol–water partition coefficient (Wildman–Crippen LogP) is 3.17. The van der Waals surface area contributed by atoms with Crippen molar-refractivity contribution < 1.29 is 27.9 Å². The SMILES string of the molecule is O=C(O)[C@@H]1CN(C(=O)c2ccc3ccccc3c2)C[C@H]1C(F)(F)F. The summed E-state index contributed by atoms with van der Waals surface area (Å²) in [6, 6.07) is 12.2. The van der Waals surface area contributed by atoms with E-state index in [0.717, 1.165) is 15.7 Å². The van der Waals surface area contributed by atoms with Crippen LogP contribution in [-0.4, -0.2) is 41.1 Å². The van der Waals surface area contributed by atoms with Gasteiger partial charge in [-0.3, -0.25) is 9.59 Å². The molecule has 2 aromatic rings. The van der Waals surface area contributed by atoms with Crippen LogP contribution in [0.3, 0.4) is 0 Å². The van der Waals surface area contributed by atoms with Gasteiger partial charge in [-0.25, -0.2) is 0 Å². The molecule has 126 valence electrons. The minimum absolute atomic E-state index is 0.251. The normalized spacial score (nSPS) is 21.2. The standard InChI is InChI=1S/C17H14F3NO3/c18-17(19,20)14-9-21(8-13(14)16(23)24)15(22)12-6-5-10-3-1-2-4-11(10)7-12/h1-7,13-14H,8-9H2,(H,23,24)/t13-,14-/m1/s1. The number of aliphatic carboxylic acids is 1. The lowest BCUT2D eigenvalue weighted by atomic mass is 9.96. The van der Waals surface area contributed by atoms with E-state index >= 15 is 0 Å². The molecule has 0 spiro atoms. The lowest BCUT2D eigenvalue weighted by molar-refractivity contribution is -0.187. The fourth-order valence-electron chi connectivity index (χ4n) is 3.06. The summed E-state index contributed by atoms with van der Waals surface area (Å²) in [4.78, 5) is 24.6. The van der Waals surface area contributed by atoms with Crippen molar-refractivity contribution in [3.8, 4) is 0 Å². The zero-order chi connectivity index (χ0) is 17.5. The Morgan fingerprint density at radius 2 is 1.71 bits per heavy atom. The maximum Gasteiger partial charge on any atom is 0.394 e. The van der Waals surface area contributed by atoms with E-state index in [0.29, 0.717) is 0 Å². The van der Waals surface area contributed by atoms with Crippen molar-refractivity contribution in [2.24, 2.45) is 11.8 Å². The molecule has 0 bridgehead atoms. The Morgan fingerprint density at radius 1 is 1.04 bits per heavy atom. The maximum atomic E-state index is 13.0. The van der Waals surface area contributed by atoms with Gasteiger partial charge in [0.15, 0.2) is 0 Å². The summed E-state index contributed by atoms with van der Waals surface area (Å²) in [5, 5.41) is 10.7. The number of halogens is 3. The fraction of sp³-hybridized carbons (Fsp3) is 0.294. The van der Waals surface area contributed by atoms with Crippen LogP contribution < -0.4 is 0 Å². The van der Waals surface area contributed by atoms with Crippen LogP contribution in [0.5, 0.6) is 0 Å². The van der Waals surface area contributed by atoms with E-state index < -0.39 is 43.0 Å². The first-order chi connectivity index (χ1) is 11.3. The van der Waals surface area contributed by atoms with Crippen molar-refractivity contribution in [3.63, 3.8) is 0 Å². The van der Waals surface area contributed by atoms with Gasteiger partial charge in [0.05, 0.1) is 11.8 Å². The number of nitrogens with zero attached hydrogens (tertiary/aromatic N) is 1. The van der Waals surface area contributed by atoms with E-state index in [-0.39, 0.29) is 5.56 Å². The molecule has 1 heterocycles. The quantitative estimate of drug-likeness (QED) is 0.916. The Bertz CT molecular complexity index is 803. The Labute approximate surface area is 135 Å². The van der Waals surface area contributed by atoms with Gasteiger partial charge in [-0.2, -0.15) is 13.2 Å². The Kier molecular flexibility index (Phi) is 3.95. The second-order valence-electron chi connectivity index (χ2n) is 5.86. The molecule has 0 unspecified atom stereocenters. The molecule has 0 aromatic heterocycles. The molecule has 3 rings (SSSR count). The zero-order valence-electron chi connectivity index (χ0n) is 12.5. The Hall–Kier alpha value is -2.57. The Morgan fingerprint density at radius 3 is 2.29 bits per heavy atom. The molecule has 1 aliphatic heterocycles. The third kappa shape index (κ3) is 2.93. The van der Waals surface area contributed by atoms with Crippen LogP contribution in [0.1, 0.15) is 10.4 Å². The van der Waals surface area contributed by atoms with Crippen LogP contribution in [0.2, 0.25) is 0 Å². The highest BCUT2D eigenvalue weighted by Gasteiger charge is 2.53. The zero-order valence-corrected chi connectivity index (χ0v) is 12.5. The van der Waals surface area contributed by atoms with Gasteiger partial charge in [-0.1, -0.05) is 30.3 Å². The molecule has 2 aromatic carbocycles. The molecule has 2 atom stereocenters. The van der Waals surface area contributed by atoms with Gasteiger partial charge in [0, 0.05) is 18.7 Å². The number of carbonyl (C=O) groups excluding carboxylic acids is 1. The van der Waals surface area contributed by atoms with E-state index in [9.17, 15) is 22.8 Å². The van der Waals surface area contributed by atoms with Gasteiger partial charge < -0.3 is 10.0 Å². The number of fused-ring (bicyclic) bond motifs is 1. The molecule has 1 aliphatic rings. The van der Waals surface area contributed by atoms with Gasteiger partial charge in [-0.15, -0.1) is 0 Å². The lowest BCUT2D eigenvalue weighted by Crippen LogP contribution is -2.34. The van der Waals surface area contributed by atoms with Crippen LogP contribution in [-0.2, 0) is 4.79 Å². The van der Waals surface area contributed by atoms with Gasteiger partial charge in [0.2, 0.25) is 0 Å². The second kappa shape index (κ2) is 5.81. The number of carbonyl (C=O) groups is 2. The van der Waals surface area contributed by atoms with Crippen LogP contribution in [0.25, 0.3) is 10.8 Å². The molecule has 1 amide bonds. The molecular weight excluding hydrogens is 323 g/mol. The van der Waals surface area contributed by atoms with Crippen molar-refractivity contribution in [1.29, 1.82) is 0 Å². The predicted molar refractivity (Wildman–Crippen MR) is 80.5 cm³/mol. The van der Waals surface area contributed by atoms with Crippen molar-refractivity contribution in [1.82, 2.24) is 4.90 Å². The number of carboxylic acid groups (broad SMARTS) is 1. The summed E-state index contributed by atoms with van der Waals surface area (Å²) < 4.78 is 39.1. The average Bonchev–Trinajstić information content (AvgIpc) is 2.99. The molecule has 1 N–H and O–H groups in total. The highest BCUT2D eigenvalue weighted by atomic mass is 19.4. The molecule has 1 fully saturated rings. The summed E-state index contributed by atoms with van der Waals surface area (Å²) in [6.45, 7) is -1.07. The first-order valence-electron chi connectivity index (χ1n) is 7.35. The van der Waals surface area contributed by atoms with Gasteiger partial charge in [-0.05, 0) is 22.9 Å². The van der Waals surface area contributed by atoms with Crippen LogP contribution in [0.4, 0.5) is 13.2 Å². The highest BCUT2D eigenvalue weighted by Crippen LogP contribution is 2.38. The molecule has 1 saturated heterocycles. The summed E-state index contributed by atoms with van der Waals surface area (Å²) >= 11 is 0. The van der Waals surface area contributed by atoms with Crippen LogP contribution in [0, 0.1) is 11.8 Å². The van der Waals surface area contributed by atoms with Gasteiger partial charge in [0.25, 0.3) is 5.91 Å². The number of alkyl halides is 3. The number of likely N-dealkylation sites (tertiary alicyclic amines) is 1. The molecule has 0 radical (unpaired) electrons. The fourth-order valence-corrected chi connectivity index (χ4v) is 3.06. The third-order valence-corrected chi connectivity index (χ3v) is 4.34. The summed E-state index contributed by atoms with van der Waals surface area (Å²) in [5.41, 5.74) is 0.251. The van der Waals surface area contributed by atoms with Crippen LogP contribution in [0.15, 0.2) is 42.5 Å². The molecule has 7 heteroatoms. The first kappa shape index (κ1) is 16.3. The van der Waals surface area contributed by atoms with Crippen molar-refractivity contribution in [3.05, 3.63) is 48.0 Å². The minimum atomic E-state index is -4.65. The number of hydrogen-bond acceptors (Lipinski definition) is 2. The summed E-state index contributed by atoms with van der Waals surface area (Å²) in [6.07, 6.45) is -4.65. The minimum Gasteiger partial charge on any atom is -0.481 e. The topological polar surface area (TPSA) is 57.6 Å². The number of amides is 1. The third-order valence-electron chi connectivity index (χ3n) is 4.34. The molecule has 4 nitrogen and oxygen atoms in total. The van der Waals surface area contributed by atoms with Crippen molar-refractivity contribution in [2.45, 2.75) is 6.18 Å². The maximum absolute atomic E-state index is 13.0. The number of benzene rings is 2. The van der Waals surface area contributed by atoms with E-state index in [1.165, 1.54) is 0 Å². The monoisotopic (exact) mass is 337 g/mol. The molecule has 0 aliphatic carbocycles. The number of hydrogen-bond donors (Lipinski definition) is 1. The van der Waals surface area contributed by atoms with E-state index in [1.807, 2.05) is 12.1 Å². The van der Waals surface area contributed by atoms with E-state index in [4.69, 9.17) is 5.11 Å². The largest absolute Gasteiger partial charge is 0.481 e. The second-order valence-corrected chi connectivity index (χ2v) is 5.86. The molecular formula is C17H14F3NO3. The van der Waals surface area contributed by atoms with E-state index in [2.05, 4.69) is 0 Å².